The van der Waals surface area contributed by atoms with Gasteiger partial charge in [0.15, 0.2) is 0 Å². The first-order valence-electron chi connectivity index (χ1n) is 7.96. The monoisotopic (exact) mass is 328 g/mol. The van der Waals surface area contributed by atoms with Crippen molar-refractivity contribution >= 4 is 17.2 Å². The highest BCUT2D eigenvalue weighted by Gasteiger charge is 2.18. The maximum atomic E-state index is 6.43. The maximum absolute atomic E-state index is 6.43. The van der Waals surface area contributed by atoms with E-state index in [-0.39, 0.29) is 5.38 Å². The van der Waals surface area contributed by atoms with E-state index >= 15 is 0 Å². The zero-order chi connectivity index (χ0) is 16.4. The zero-order valence-corrected chi connectivity index (χ0v) is 14.5. The van der Waals surface area contributed by atoms with Gasteiger partial charge in [0.25, 0.3) is 0 Å². The fourth-order valence-electron chi connectivity index (χ4n) is 2.69. The Kier molecular flexibility index (Phi) is 4.58. The number of halogens is 1. The summed E-state index contributed by atoms with van der Waals surface area (Å²) in [5.41, 5.74) is 5.11. The van der Waals surface area contributed by atoms with Gasteiger partial charge < -0.3 is 9.14 Å². The number of hydrogen-bond donors (Lipinski definition) is 0. The van der Waals surface area contributed by atoms with Crippen LogP contribution in [0.3, 0.4) is 0 Å². The van der Waals surface area contributed by atoms with Crippen LogP contribution in [-0.4, -0.2) is 16.0 Å². The summed E-state index contributed by atoms with van der Waals surface area (Å²) >= 11 is 6.43. The van der Waals surface area contributed by atoms with Crippen molar-refractivity contribution in [1.29, 1.82) is 0 Å². The summed E-state index contributed by atoms with van der Waals surface area (Å²) in [5.74, 6) is 0.885. The molecule has 0 aliphatic heterocycles. The number of pyridine rings is 1. The maximum Gasteiger partial charge on any atom is 0.137 e. The number of nitrogens with zero attached hydrogens (tertiary/aromatic N) is 2. The van der Waals surface area contributed by atoms with Crippen LogP contribution in [0.2, 0.25) is 0 Å². The smallest absolute Gasteiger partial charge is 0.137 e. The molecule has 1 atom stereocenters. The minimum absolute atomic E-state index is 0.126. The zero-order valence-electron chi connectivity index (χ0n) is 13.7. The Hall–Kier alpha value is -2.00. The number of aryl methyl sites for hydroxylation is 1. The average molecular weight is 329 g/mol. The lowest BCUT2D eigenvalue weighted by Crippen LogP contribution is -1.96. The molecule has 23 heavy (non-hydrogen) atoms. The van der Waals surface area contributed by atoms with E-state index in [2.05, 4.69) is 30.4 Å². The van der Waals surface area contributed by atoms with Gasteiger partial charge in [0.1, 0.15) is 11.4 Å². The number of hydrogen-bond acceptors (Lipinski definition) is 2. The third-order valence-corrected chi connectivity index (χ3v) is 4.00. The molecule has 3 rings (SSSR count). The lowest BCUT2D eigenvalue weighted by Gasteiger charge is -2.08. The fourth-order valence-corrected chi connectivity index (χ4v) is 2.90. The molecule has 3 nitrogen and oxygen atoms in total. The lowest BCUT2D eigenvalue weighted by atomic mass is 10.1. The molecule has 0 saturated carbocycles. The van der Waals surface area contributed by atoms with Crippen molar-refractivity contribution in [1.82, 2.24) is 9.38 Å². The Morgan fingerprint density at radius 3 is 2.61 bits per heavy atom. The molecule has 0 radical (unpaired) electrons. The van der Waals surface area contributed by atoms with Crippen molar-refractivity contribution in [2.45, 2.75) is 32.6 Å². The number of aromatic nitrogens is 2. The second-order valence-electron chi connectivity index (χ2n) is 5.77. The summed E-state index contributed by atoms with van der Waals surface area (Å²) in [6.07, 6.45) is 3.04. The summed E-state index contributed by atoms with van der Waals surface area (Å²) < 4.78 is 7.72. The van der Waals surface area contributed by atoms with Crippen LogP contribution in [0, 0.1) is 6.92 Å². The first-order valence-corrected chi connectivity index (χ1v) is 8.39. The Balaban J connectivity index is 2.06. The van der Waals surface area contributed by atoms with Crippen LogP contribution >= 0.6 is 11.6 Å². The van der Waals surface area contributed by atoms with Crippen molar-refractivity contribution in [3.63, 3.8) is 0 Å². The summed E-state index contributed by atoms with van der Waals surface area (Å²) in [6.45, 7) is 6.88. The van der Waals surface area contributed by atoms with Crippen molar-refractivity contribution < 1.29 is 4.74 Å². The molecule has 0 bridgehead atoms. The summed E-state index contributed by atoms with van der Waals surface area (Å²) in [7, 11) is 0. The highest BCUT2D eigenvalue weighted by atomic mass is 35.5. The third-order valence-electron chi connectivity index (χ3n) is 3.80. The van der Waals surface area contributed by atoms with Crippen LogP contribution in [0.4, 0.5) is 0 Å². The number of ether oxygens (including phenoxy) is 1. The highest BCUT2D eigenvalue weighted by molar-refractivity contribution is 6.20. The number of imidazole rings is 1. The summed E-state index contributed by atoms with van der Waals surface area (Å²) in [6, 6.07) is 12.2. The molecule has 0 amide bonds. The highest BCUT2D eigenvalue weighted by Crippen LogP contribution is 2.33. The first-order chi connectivity index (χ1) is 11.1. The number of rotatable bonds is 5. The molecule has 3 aromatic rings. The predicted octanol–water partition coefficient (Wildman–Crippen LogP) is 5.40. The van der Waals surface area contributed by atoms with Crippen molar-refractivity contribution in [3.05, 3.63) is 53.9 Å². The van der Waals surface area contributed by atoms with Crippen LogP contribution in [-0.2, 0) is 0 Å². The molecular formula is C19H21ClN2O. The predicted molar refractivity (Wildman–Crippen MR) is 95.4 cm³/mol. The van der Waals surface area contributed by atoms with Gasteiger partial charge in [0.2, 0.25) is 0 Å². The van der Waals surface area contributed by atoms with Gasteiger partial charge in [-0.05, 0) is 62.2 Å². The molecule has 1 aromatic carbocycles. The molecule has 2 heterocycles. The van der Waals surface area contributed by atoms with Gasteiger partial charge in [-0.15, -0.1) is 11.6 Å². The van der Waals surface area contributed by atoms with Crippen LogP contribution < -0.4 is 4.74 Å². The minimum atomic E-state index is -0.126. The molecule has 4 heteroatoms. The normalized spacial score (nSPS) is 12.5. The molecule has 0 fully saturated rings. The molecular weight excluding hydrogens is 308 g/mol. The summed E-state index contributed by atoms with van der Waals surface area (Å²) in [5, 5.41) is -0.126. The van der Waals surface area contributed by atoms with Gasteiger partial charge in [-0.2, -0.15) is 0 Å². The number of fused-ring (bicyclic) bond motifs is 1. The van der Waals surface area contributed by atoms with E-state index in [1.807, 2.05) is 37.4 Å². The van der Waals surface area contributed by atoms with Gasteiger partial charge in [-0.3, -0.25) is 0 Å². The van der Waals surface area contributed by atoms with E-state index in [4.69, 9.17) is 21.3 Å². The first kappa shape index (κ1) is 15.9. The van der Waals surface area contributed by atoms with E-state index in [9.17, 15) is 0 Å². The van der Waals surface area contributed by atoms with Crippen LogP contribution in [0.5, 0.6) is 5.75 Å². The van der Waals surface area contributed by atoms with Gasteiger partial charge in [-0.1, -0.05) is 6.92 Å². The number of alkyl halides is 1. The van der Waals surface area contributed by atoms with Crippen LogP contribution in [0.15, 0.2) is 42.6 Å². The van der Waals surface area contributed by atoms with Crippen LogP contribution in [0.1, 0.15) is 36.9 Å². The molecule has 120 valence electrons. The van der Waals surface area contributed by atoms with Crippen molar-refractivity contribution in [3.8, 4) is 17.0 Å². The van der Waals surface area contributed by atoms with Crippen molar-refractivity contribution in [2.75, 3.05) is 6.61 Å². The van der Waals surface area contributed by atoms with E-state index in [1.54, 1.807) is 0 Å². The van der Waals surface area contributed by atoms with E-state index in [0.717, 1.165) is 41.4 Å². The van der Waals surface area contributed by atoms with Gasteiger partial charge in [-0.25, -0.2) is 4.98 Å². The SMILES string of the molecule is CCCOc1ccc(-c2nc3cc(C)ccn3c2C(C)Cl)cc1. The topological polar surface area (TPSA) is 26.5 Å². The molecule has 0 aliphatic rings. The largest absolute Gasteiger partial charge is 0.494 e. The average Bonchev–Trinajstić information content (AvgIpc) is 2.92. The Morgan fingerprint density at radius 1 is 1.22 bits per heavy atom. The lowest BCUT2D eigenvalue weighted by molar-refractivity contribution is 0.317. The Labute approximate surface area is 141 Å². The fraction of sp³-hybridized carbons (Fsp3) is 0.316. The molecule has 0 aliphatic carbocycles. The third kappa shape index (κ3) is 3.20. The van der Waals surface area contributed by atoms with Gasteiger partial charge in [0, 0.05) is 11.8 Å². The van der Waals surface area contributed by atoms with Crippen LogP contribution in [0.25, 0.3) is 16.9 Å². The Morgan fingerprint density at radius 2 is 1.96 bits per heavy atom. The second kappa shape index (κ2) is 6.63. The van der Waals surface area contributed by atoms with E-state index in [0.29, 0.717) is 0 Å². The molecule has 2 aromatic heterocycles. The van der Waals surface area contributed by atoms with E-state index < -0.39 is 0 Å². The van der Waals surface area contributed by atoms with Gasteiger partial charge >= 0.3 is 0 Å². The molecule has 1 unspecified atom stereocenters. The standard InChI is InChI=1S/C19H21ClN2O/c1-4-11-23-16-7-5-15(6-8-16)18-19(14(3)20)22-10-9-13(2)12-17(22)21-18/h5-10,12,14H,4,11H2,1-3H3. The van der Waals surface area contributed by atoms with Crippen molar-refractivity contribution in [2.24, 2.45) is 0 Å². The van der Waals surface area contributed by atoms with Gasteiger partial charge in [0.05, 0.1) is 23.4 Å². The Bertz CT molecular complexity index is 806. The molecule has 0 N–H and O–H groups in total. The second-order valence-corrected chi connectivity index (χ2v) is 6.42. The minimum Gasteiger partial charge on any atom is -0.494 e. The summed E-state index contributed by atoms with van der Waals surface area (Å²) in [4.78, 5) is 4.79. The van der Waals surface area contributed by atoms with E-state index in [1.165, 1.54) is 5.56 Å². The quantitative estimate of drug-likeness (QED) is 0.586. The number of benzene rings is 1. The molecule has 0 saturated heterocycles. The molecule has 0 spiro atoms.